The molecular weight excluding hydrogens is 342 g/mol. The Labute approximate surface area is 137 Å². The highest BCUT2D eigenvalue weighted by Gasteiger charge is 2.13. The quantitative estimate of drug-likeness (QED) is 0.716. The molecule has 0 saturated heterocycles. The number of carbonyl (C=O) groups is 1. The number of anilines is 1. The van der Waals surface area contributed by atoms with E-state index in [9.17, 15) is 4.79 Å². The number of halogens is 1. The highest BCUT2D eigenvalue weighted by Crippen LogP contribution is 2.27. The Bertz CT molecular complexity index is 851. The van der Waals surface area contributed by atoms with Crippen LogP contribution in [0.25, 0.3) is 11.0 Å². The molecule has 2 aromatic carbocycles. The summed E-state index contributed by atoms with van der Waals surface area (Å²) in [6.07, 6.45) is 1.97. The number of nitrogens with one attached hydrogen (secondary N) is 1. The Morgan fingerprint density at radius 3 is 2.77 bits per heavy atom. The maximum Gasteiger partial charge on any atom is 0.228 e. The zero-order valence-corrected chi connectivity index (χ0v) is 14.0. The van der Waals surface area contributed by atoms with Gasteiger partial charge in [0, 0.05) is 15.4 Å². The van der Waals surface area contributed by atoms with Gasteiger partial charge in [0.25, 0.3) is 0 Å². The van der Waals surface area contributed by atoms with Gasteiger partial charge in [-0.05, 0) is 59.1 Å². The maximum atomic E-state index is 12.3. The molecule has 3 aromatic rings. The van der Waals surface area contributed by atoms with E-state index in [0.717, 1.165) is 37.8 Å². The molecular formula is C18H16BrNO2. The van der Waals surface area contributed by atoms with E-state index in [0.29, 0.717) is 0 Å². The molecule has 0 aliphatic rings. The van der Waals surface area contributed by atoms with E-state index in [1.165, 1.54) is 0 Å². The predicted octanol–water partition coefficient (Wildman–Crippen LogP) is 4.99. The molecule has 1 amide bonds. The molecule has 0 aliphatic heterocycles. The van der Waals surface area contributed by atoms with Crippen molar-refractivity contribution >= 4 is 38.5 Å². The number of furan rings is 1. The summed E-state index contributed by atoms with van der Waals surface area (Å²) in [5, 5.41) is 3.95. The minimum Gasteiger partial charge on any atom is -0.464 e. The molecule has 0 aliphatic carbocycles. The second-order valence-corrected chi connectivity index (χ2v) is 6.28. The van der Waals surface area contributed by atoms with Crippen LogP contribution >= 0.6 is 15.9 Å². The fourth-order valence-electron chi connectivity index (χ4n) is 2.69. The lowest BCUT2D eigenvalue weighted by Crippen LogP contribution is -2.14. The molecule has 3 rings (SSSR count). The number of hydrogen-bond donors (Lipinski definition) is 1. The average molecular weight is 358 g/mol. The Balaban J connectivity index is 1.84. The van der Waals surface area contributed by atoms with Crippen molar-refractivity contribution in [1.29, 1.82) is 0 Å². The molecule has 22 heavy (non-hydrogen) atoms. The molecule has 0 bridgehead atoms. The monoisotopic (exact) mass is 357 g/mol. The Morgan fingerprint density at radius 2 is 2.00 bits per heavy atom. The molecule has 4 heteroatoms. The van der Waals surface area contributed by atoms with E-state index in [1.54, 1.807) is 6.26 Å². The van der Waals surface area contributed by atoms with Crippen molar-refractivity contribution in [2.24, 2.45) is 0 Å². The summed E-state index contributed by atoms with van der Waals surface area (Å²) >= 11 is 3.43. The van der Waals surface area contributed by atoms with Crippen molar-refractivity contribution in [2.75, 3.05) is 5.32 Å². The summed E-state index contributed by atoms with van der Waals surface area (Å²) in [6, 6.07) is 11.7. The van der Waals surface area contributed by atoms with Gasteiger partial charge in [0.15, 0.2) is 0 Å². The molecule has 0 saturated carbocycles. The predicted molar refractivity (Wildman–Crippen MR) is 92.2 cm³/mol. The zero-order valence-electron chi connectivity index (χ0n) is 12.4. The molecule has 0 atom stereocenters. The number of para-hydroxylation sites is 1. The van der Waals surface area contributed by atoms with E-state index >= 15 is 0 Å². The van der Waals surface area contributed by atoms with Gasteiger partial charge in [-0.2, -0.15) is 0 Å². The lowest BCUT2D eigenvalue weighted by molar-refractivity contribution is -0.115. The molecule has 1 aromatic heterocycles. The van der Waals surface area contributed by atoms with E-state index in [2.05, 4.69) is 27.3 Å². The first-order valence-electron chi connectivity index (χ1n) is 7.06. The van der Waals surface area contributed by atoms with Crippen LogP contribution in [0.4, 0.5) is 5.69 Å². The Morgan fingerprint density at radius 1 is 1.23 bits per heavy atom. The normalized spacial score (nSPS) is 10.9. The van der Waals surface area contributed by atoms with Gasteiger partial charge in [-0.15, -0.1) is 0 Å². The molecule has 3 nitrogen and oxygen atoms in total. The van der Waals surface area contributed by atoms with Gasteiger partial charge < -0.3 is 9.73 Å². The largest absolute Gasteiger partial charge is 0.464 e. The van der Waals surface area contributed by atoms with E-state index in [4.69, 9.17) is 4.42 Å². The number of amides is 1. The summed E-state index contributed by atoms with van der Waals surface area (Å²) in [5.74, 6) is -0.0606. The minimum absolute atomic E-state index is 0.0606. The first-order chi connectivity index (χ1) is 10.5. The number of aryl methyl sites for hydroxylation is 2. The van der Waals surface area contributed by atoms with Crippen LogP contribution in [0.5, 0.6) is 0 Å². The summed E-state index contributed by atoms with van der Waals surface area (Å²) < 4.78 is 6.46. The SMILES string of the molecule is Cc1cc(C)c2c(CC(=O)Nc3ccccc3Br)coc2c1. The molecule has 0 unspecified atom stereocenters. The van der Waals surface area contributed by atoms with Gasteiger partial charge in [-0.3, -0.25) is 4.79 Å². The zero-order chi connectivity index (χ0) is 15.7. The fourth-order valence-corrected chi connectivity index (χ4v) is 3.07. The van der Waals surface area contributed by atoms with Gasteiger partial charge in [-0.25, -0.2) is 0 Å². The minimum atomic E-state index is -0.0606. The molecule has 1 N–H and O–H groups in total. The Kier molecular flexibility index (Phi) is 4.03. The van der Waals surface area contributed by atoms with Crippen LogP contribution < -0.4 is 5.32 Å². The summed E-state index contributed by atoms with van der Waals surface area (Å²) in [7, 11) is 0. The van der Waals surface area contributed by atoms with Crippen molar-refractivity contribution < 1.29 is 9.21 Å². The smallest absolute Gasteiger partial charge is 0.228 e. The van der Waals surface area contributed by atoms with E-state index in [-0.39, 0.29) is 12.3 Å². The maximum absolute atomic E-state index is 12.3. The number of fused-ring (bicyclic) bond motifs is 1. The lowest BCUT2D eigenvalue weighted by Gasteiger charge is -2.07. The van der Waals surface area contributed by atoms with Crippen LogP contribution in [0, 0.1) is 13.8 Å². The Hall–Kier alpha value is -2.07. The third kappa shape index (κ3) is 2.92. The fraction of sp³-hybridized carbons (Fsp3) is 0.167. The second-order valence-electron chi connectivity index (χ2n) is 5.42. The third-order valence-corrected chi connectivity index (χ3v) is 4.28. The number of hydrogen-bond acceptors (Lipinski definition) is 2. The molecule has 112 valence electrons. The van der Waals surface area contributed by atoms with Crippen molar-refractivity contribution in [3.05, 3.63) is 63.8 Å². The summed E-state index contributed by atoms with van der Waals surface area (Å²) in [6.45, 7) is 4.08. The van der Waals surface area contributed by atoms with E-state index < -0.39 is 0 Å². The van der Waals surface area contributed by atoms with Crippen molar-refractivity contribution in [3.8, 4) is 0 Å². The van der Waals surface area contributed by atoms with Crippen molar-refractivity contribution in [1.82, 2.24) is 0 Å². The highest BCUT2D eigenvalue weighted by atomic mass is 79.9. The number of carbonyl (C=O) groups excluding carboxylic acids is 1. The number of rotatable bonds is 3. The third-order valence-electron chi connectivity index (χ3n) is 3.59. The van der Waals surface area contributed by atoms with Crippen molar-refractivity contribution in [3.63, 3.8) is 0 Å². The molecule has 0 spiro atoms. The summed E-state index contributed by atoms with van der Waals surface area (Å²) in [5.41, 5.74) is 4.81. The number of benzene rings is 2. The van der Waals surface area contributed by atoms with Crippen LogP contribution in [0.1, 0.15) is 16.7 Å². The molecule has 0 radical (unpaired) electrons. The van der Waals surface area contributed by atoms with Gasteiger partial charge in [-0.1, -0.05) is 18.2 Å². The van der Waals surface area contributed by atoms with Crippen LogP contribution in [-0.4, -0.2) is 5.91 Å². The van der Waals surface area contributed by atoms with Crippen LogP contribution in [-0.2, 0) is 11.2 Å². The topological polar surface area (TPSA) is 42.2 Å². The van der Waals surface area contributed by atoms with E-state index in [1.807, 2.05) is 44.2 Å². The molecule has 0 fully saturated rings. The molecule has 1 heterocycles. The first kappa shape index (κ1) is 14.9. The second kappa shape index (κ2) is 5.97. The highest BCUT2D eigenvalue weighted by molar-refractivity contribution is 9.10. The van der Waals surface area contributed by atoms with Gasteiger partial charge in [0.1, 0.15) is 5.58 Å². The van der Waals surface area contributed by atoms with Gasteiger partial charge in [0.05, 0.1) is 18.4 Å². The van der Waals surface area contributed by atoms with Gasteiger partial charge >= 0.3 is 0 Å². The van der Waals surface area contributed by atoms with Crippen LogP contribution in [0.2, 0.25) is 0 Å². The van der Waals surface area contributed by atoms with Crippen LogP contribution in [0.3, 0.4) is 0 Å². The summed E-state index contributed by atoms with van der Waals surface area (Å²) in [4.78, 5) is 12.3. The first-order valence-corrected chi connectivity index (χ1v) is 7.85. The van der Waals surface area contributed by atoms with Crippen molar-refractivity contribution in [2.45, 2.75) is 20.3 Å². The van der Waals surface area contributed by atoms with Crippen LogP contribution in [0.15, 0.2) is 51.6 Å². The lowest BCUT2D eigenvalue weighted by atomic mass is 10.0. The van der Waals surface area contributed by atoms with Gasteiger partial charge in [0.2, 0.25) is 5.91 Å². The standard InChI is InChI=1S/C18H16BrNO2/c1-11-7-12(2)18-13(10-22-16(18)8-11)9-17(21)20-15-6-4-3-5-14(15)19/h3-8,10H,9H2,1-2H3,(H,20,21). The average Bonchev–Trinajstić information content (AvgIpc) is 2.84.